The molecule has 0 aliphatic carbocycles. The molecular weight excluding hydrogens is 190 g/mol. The molecule has 4 nitrogen and oxygen atoms in total. The molecule has 2 aromatic heterocycles. The Morgan fingerprint density at radius 3 is 2.93 bits per heavy atom. The van der Waals surface area contributed by atoms with Gasteiger partial charge >= 0.3 is 0 Å². The van der Waals surface area contributed by atoms with E-state index in [0.29, 0.717) is 0 Å². The van der Waals surface area contributed by atoms with Gasteiger partial charge in [-0.05, 0) is 26.1 Å². The molecule has 2 heterocycles. The summed E-state index contributed by atoms with van der Waals surface area (Å²) in [6.45, 7) is 2.75. The first-order valence-electron chi connectivity index (χ1n) is 4.93. The summed E-state index contributed by atoms with van der Waals surface area (Å²) in [5.74, 6) is 1.77. The summed E-state index contributed by atoms with van der Waals surface area (Å²) in [7, 11) is 3.59. The van der Waals surface area contributed by atoms with Crippen LogP contribution in [0.5, 0.6) is 5.88 Å². The molecule has 4 heteroatoms. The fourth-order valence-electron chi connectivity index (χ4n) is 1.81. The smallest absolute Gasteiger partial charge is 0.199 e. The van der Waals surface area contributed by atoms with Gasteiger partial charge in [-0.15, -0.1) is 0 Å². The highest BCUT2D eigenvalue weighted by Crippen LogP contribution is 2.20. The van der Waals surface area contributed by atoms with E-state index in [4.69, 9.17) is 4.74 Å². The number of imidazole rings is 1. The lowest BCUT2D eigenvalue weighted by Crippen LogP contribution is -2.05. The van der Waals surface area contributed by atoms with Crippen LogP contribution in [0, 0.1) is 6.92 Å². The van der Waals surface area contributed by atoms with Crippen LogP contribution in [0.3, 0.4) is 0 Å². The van der Waals surface area contributed by atoms with Crippen LogP contribution in [0.15, 0.2) is 18.2 Å². The van der Waals surface area contributed by atoms with Gasteiger partial charge in [-0.25, -0.2) is 4.98 Å². The number of pyridine rings is 1. The minimum Gasteiger partial charge on any atom is -0.482 e. The van der Waals surface area contributed by atoms with Gasteiger partial charge < -0.3 is 10.1 Å². The number of rotatable bonds is 3. The van der Waals surface area contributed by atoms with E-state index in [9.17, 15) is 0 Å². The summed E-state index contributed by atoms with van der Waals surface area (Å²) in [6.07, 6.45) is 0. The molecule has 0 spiro atoms. The molecule has 0 bridgehead atoms. The number of nitrogens with zero attached hydrogens (tertiary/aromatic N) is 2. The molecule has 80 valence electrons. The van der Waals surface area contributed by atoms with E-state index in [2.05, 4.69) is 16.4 Å². The normalized spacial score (nSPS) is 10.9. The molecule has 0 aromatic carbocycles. The zero-order valence-corrected chi connectivity index (χ0v) is 9.24. The predicted octanol–water partition coefficient (Wildman–Crippen LogP) is 1.37. The summed E-state index contributed by atoms with van der Waals surface area (Å²) in [5, 5.41) is 3.11. The van der Waals surface area contributed by atoms with Crippen molar-refractivity contribution in [2.75, 3.05) is 14.2 Å². The molecule has 0 amide bonds. The molecule has 1 N–H and O–H groups in total. The Labute approximate surface area is 88.9 Å². The summed E-state index contributed by atoms with van der Waals surface area (Å²) in [5.41, 5.74) is 2.15. The molecule has 15 heavy (non-hydrogen) atoms. The predicted molar refractivity (Wildman–Crippen MR) is 59.2 cm³/mol. The minimum atomic E-state index is 0.768. The molecule has 0 radical (unpaired) electrons. The zero-order valence-electron chi connectivity index (χ0n) is 9.24. The van der Waals surface area contributed by atoms with Crippen LogP contribution in [0.25, 0.3) is 5.52 Å². The second-order valence-corrected chi connectivity index (χ2v) is 3.42. The molecule has 0 aliphatic heterocycles. The van der Waals surface area contributed by atoms with Crippen molar-refractivity contribution in [2.24, 2.45) is 0 Å². The van der Waals surface area contributed by atoms with Crippen LogP contribution in [0.4, 0.5) is 0 Å². The van der Waals surface area contributed by atoms with E-state index < -0.39 is 0 Å². The van der Waals surface area contributed by atoms with Gasteiger partial charge in [0, 0.05) is 6.54 Å². The van der Waals surface area contributed by atoms with E-state index in [1.54, 1.807) is 7.11 Å². The van der Waals surface area contributed by atoms with Crippen LogP contribution >= 0.6 is 0 Å². The maximum absolute atomic E-state index is 5.30. The number of hydrogen-bond acceptors (Lipinski definition) is 3. The summed E-state index contributed by atoms with van der Waals surface area (Å²) >= 11 is 0. The van der Waals surface area contributed by atoms with Crippen molar-refractivity contribution in [1.29, 1.82) is 0 Å². The summed E-state index contributed by atoms with van der Waals surface area (Å²) < 4.78 is 7.32. The van der Waals surface area contributed by atoms with Gasteiger partial charge in [-0.2, -0.15) is 0 Å². The maximum Gasteiger partial charge on any atom is 0.199 e. The van der Waals surface area contributed by atoms with Crippen molar-refractivity contribution in [3.05, 3.63) is 29.7 Å². The lowest BCUT2D eigenvalue weighted by molar-refractivity contribution is 0.391. The van der Waals surface area contributed by atoms with E-state index >= 15 is 0 Å². The molecule has 0 fully saturated rings. The standard InChI is InChI=1S/C11H15N3O/c1-8-13-9(7-12-2)10-5-4-6-11(15-3)14(8)10/h4-6,12H,7H2,1-3H3. The Morgan fingerprint density at radius 1 is 1.47 bits per heavy atom. The number of aryl methyl sites for hydroxylation is 1. The average Bonchev–Trinajstić information content (AvgIpc) is 2.57. The van der Waals surface area contributed by atoms with Gasteiger partial charge in [0.2, 0.25) is 0 Å². The maximum atomic E-state index is 5.30. The summed E-state index contributed by atoms with van der Waals surface area (Å²) in [4.78, 5) is 4.51. The fourth-order valence-corrected chi connectivity index (χ4v) is 1.81. The number of ether oxygens (including phenoxy) is 1. The number of fused-ring (bicyclic) bond motifs is 1. The van der Waals surface area contributed by atoms with Gasteiger partial charge in [0.05, 0.1) is 18.3 Å². The first-order valence-corrected chi connectivity index (χ1v) is 4.93. The highest BCUT2D eigenvalue weighted by Gasteiger charge is 2.09. The lowest BCUT2D eigenvalue weighted by atomic mass is 10.3. The zero-order chi connectivity index (χ0) is 10.8. The molecule has 0 aliphatic rings. The number of nitrogens with one attached hydrogen (secondary N) is 1. The second-order valence-electron chi connectivity index (χ2n) is 3.42. The van der Waals surface area contributed by atoms with Gasteiger partial charge in [0.25, 0.3) is 0 Å². The fraction of sp³-hybridized carbons (Fsp3) is 0.364. The van der Waals surface area contributed by atoms with Crippen molar-refractivity contribution >= 4 is 5.52 Å². The van der Waals surface area contributed by atoms with Crippen LogP contribution in [0.1, 0.15) is 11.5 Å². The number of aromatic nitrogens is 2. The Bertz CT molecular complexity index is 476. The van der Waals surface area contributed by atoms with Crippen LogP contribution in [-0.2, 0) is 6.54 Å². The second kappa shape index (κ2) is 3.90. The molecule has 0 unspecified atom stereocenters. The highest BCUT2D eigenvalue weighted by atomic mass is 16.5. The van der Waals surface area contributed by atoms with Crippen molar-refractivity contribution in [3.63, 3.8) is 0 Å². The van der Waals surface area contributed by atoms with E-state index in [1.165, 1.54) is 0 Å². The van der Waals surface area contributed by atoms with Crippen molar-refractivity contribution in [2.45, 2.75) is 13.5 Å². The number of hydrogen-bond donors (Lipinski definition) is 1. The van der Waals surface area contributed by atoms with Crippen molar-refractivity contribution in [1.82, 2.24) is 14.7 Å². The van der Waals surface area contributed by atoms with Crippen LogP contribution in [0.2, 0.25) is 0 Å². The van der Waals surface area contributed by atoms with Gasteiger partial charge in [0.15, 0.2) is 5.88 Å². The van der Waals surface area contributed by atoms with E-state index in [0.717, 1.165) is 29.5 Å². The van der Waals surface area contributed by atoms with Crippen molar-refractivity contribution in [3.8, 4) is 5.88 Å². The quantitative estimate of drug-likeness (QED) is 0.822. The van der Waals surface area contributed by atoms with E-state index in [-0.39, 0.29) is 0 Å². The largest absolute Gasteiger partial charge is 0.482 e. The average molecular weight is 205 g/mol. The Morgan fingerprint density at radius 2 is 2.27 bits per heavy atom. The minimum absolute atomic E-state index is 0.768. The van der Waals surface area contributed by atoms with Gasteiger partial charge in [0.1, 0.15) is 5.82 Å². The molecule has 2 aromatic rings. The lowest BCUT2D eigenvalue weighted by Gasteiger charge is -2.04. The first kappa shape index (κ1) is 9.98. The van der Waals surface area contributed by atoms with Crippen LogP contribution < -0.4 is 10.1 Å². The summed E-state index contributed by atoms with van der Waals surface area (Å²) in [6, 6.07) is 5.97. The molecule has 0 atom stereocenters. The third kappa shape index (κ3) is 1.57. The third-order valence-electron chi connectivity index (χ3n) is 2.42. The number of methoxy groups -OCH3 is 1. The van der Waals surface area contributed by atoms with Gasteiger partial charge in [-0.1, -0.05) is 6.07 Å². The van der Waals surface area contributed by atoms with Crippen molar-refractivity contribution < 1.29 is 4.74 Å². The Kier molecular flexibility index (Phi) is 2.60. The Balaban J connectivity index is 2.68. The molecule has 0 saturated carbocycles. The van der Waals surface area contributed by atoms with E-state index in [1.807, 2.05) is 30.5 Å². The topological polar surface area (TPSA) is 38.6 Å². The third-order valence-corrected chi connectivity index (χ3v) is 2.42. The monoisotopic (exact) mass is 205 g/mol. The molecule has 2 rings (SSSR count). The van der Waals surface area contributed by atoms with Gasteiger partial charge in [-0.3, -0.25) is 4.40 Å². The Hall–Kier alpha value is -1.55. The van der Waals surface area contributed by atoms with Crippen LogP contribution in [-0.4, -0.2) is 23.5 Å². The highest BCUT2D eigenvalue weighted by molar-refractivity contribution is 5.55. The molecular formula is C11H15N3O. The molecule has 0 saturated heterocycles. The first-order chi connectivity index (χ1) is 7.27. The SMILES string of the molecule is CNCc1nc(C)n2c(OC)cccc12.